The first-order chi connectivity index (χ1) is 7.62. The molecule has 0 aliphatic carbocycles. The summed E-state index contributed by atoms with van der Waals surface area (Å²) >= 11 is 0. The molecule has 0 heterocycles. The lowest BCUT2D eigenvalue weighted by Crippen LogP contribution is -2.38. The van der Waals surface area contributed by atoms with E-state index < -0.39 is 21.4 Å². The molecule has 1 aromatic carbocycles. The van der Waals surface area contributed by atoms with E-state index in [-0.39, 0.29) is 17.1 Å². The number of anilines is 1. The molecular weight excluding hydrogens is 247 g/mol. The predicted molar refractivity (Wildman–Crippen MR) is 62.3 cm³/mol. The quantitative estimate of drug-likeness (QED) is 0.687. The summed E-state index contributed by atoms with van der Waals surface area (Å²) in [5, 5.41) is 9.42. The maximum absolute atomic E-state index is 13.0. The van der Waals surface area contributed by atoms with Crippen LogP contribution in [0.3, 0.4) is 0 Å². The Morgan fingerprint density at radius 3 is 2.59 bits per heavy atom. The molecule has 0 saturated heterocycles. The third kappa shape index (κ3) is 3.95. The van der Waals surface area contributed by atoms with Crippen molar-refractivity contribution in [3.05, 3.63) is 24.0 Å². The van der Waals surface area contributed by atoms with Crippen molar-refractivity contribution in [3.63, 3.8) is 0 Å². The van der Waals surface area contributed by atoms with E-state index in [1.807, 2.05) is 0 Å². The van der Waals surface area contributed by atoms with Gasteiger partial charge in [-0.2, -0.15) is 0 Å². The smallest absolute Gasteiger partial charge is 0.242 e. The van der Waals surface area contributed by atoms with Crippen molar-refractivity contribution >= 4 is 15.7 Å². The molecule has 0 fully saturated rings. The van der Waals surface area contributed by atoms with E-state index in [0.29, 0.717) is 0 Å². The van der Waals surface area contributed by atoms with Gasteiger partial charge in [0.15, 0.2) is 0 Å². The maximum Gasteiger partial charge on any atom is 0.242 e. The molecule has 1 aromatic rings. The van der Waals surface area contributed by atoms with Crippen LogP contribution in [-0.2, 0) is 10.0 Å². The molecule has 7 heteroatoms. The molecule has 4 N–H and O–H groups in total. The SMILES string of the molecule is CC(C)(O)CNS(=O)(=O)c1cc(F)ccc1N. The molecule has 0 aliphatic heterocycles. The van der Waals surface area contributed by atoms with Crippen LogP contribution >= 0.6 is 0 Å². The number of hydrogen-bond acceptors (Lipinski definition) is 4. The van der Waals surface area contributed by atoms with Gasteiger partial charge in [-0.05, 0) is 32.0 Å². The van der Waals surface area contributed by atoms with Crippen molar-refractivity contribution in [3.8, 4) is 0 Å². The Labute approximate surface area is 99.5 Å². The summed E-state index contributed by atoms with van der Waals surface area (Å²) in [5.41, 5.74) is 4.22. The van der Waals surface area contributed by atoms with Gasteiger partial charge in [0.05, 0.1) is 11.3 Å². The Morgan fingerprint density at radius 1 is 1.47 bits per heavy atom. The van der Waals surface area contributed by atoms with Crippen molar-refractivity contribution < 1.29 is 17.9 Å². The van der Waals surface area contributed by atoms with Gasteiger partial charge in [-0.15, -0.1) is 0 Å². The van der Waals surface area contributed by atoms with E-state index in [2.05, 4.69) is 4.72 Å². The van der Waals surface area contributed by atoms with E-state index in [1.165, 1.54) is 19.9 Å². The molecule has 1 rings (SSSR count). The second kappa shape index (κ2) is 4.59. The molecule has 0 saturated carbocycles. The number of aliphatic hydroxyl groups is 1. The zero-order chi connectivity index (χ0) is 13.3. The highest BCUT2D eigenvalue weighted by molar-refractivity contribution is 7.89. The summed E-state index contributed by atoms with van der Waals surface area (Å²) in [6.45, 7) is 2.71. The van der Waals surface area contributed by atoms with Crippen LogP contribution in [0.15, 0.2) is 23.1 Å². The van der Waals surface area contributed by atoms with E-state index in [9.17, 15) is 17.9 Å². The van der Waals surface area contributed by atoms with Crippen molar-refractivity contribution in [1.29, 1.82) is 0 Å². The van der Waals surface area contributed by atoms with E-state index >= 15 is 0 Å². The molecule has 0 amide bonds. The molecule has 0 bridgehead atoms. The first-order valence-electron chi connectivity index (χ1n) is 4.89. The topological polar surface area (TPSA) is 92.4 Å². The fraction of sp³-hybridized carbons (Fsp3) is 0.400. The zero-order valence-electron chi connectivity index (χ0n) is 9.57. The molecule has 0 radical (unpaired) electrons. The summed E-state index contributed by atoms with van der Waals surface area (Å²) < 4.78 is 38.7. The molecule has 0 unspecified atom stereocenters. The second-order valence-corrected chi connectivity index (χ2v) is 6.05. The standard InChI is InChI=1S/C10H15FN2O3S/c1-10(2,14)6-13-17(15,16)9-5-7(11)3-4-8(9)12/h3-5,13-14H,6,12H2,1-2H3. The Bertz CT molecular complexity index is 509. The van der Waals surface area contributed by atoms with Gasteiger partial charge in [0.25, 0.3) is 0 Å². The van der Waals surface area contributed by atoms with Crippen LogP contribution in [0.5, 0.6) is 0 Å². The van der Waals surface area contributed by atoms with E-state index in [1.54, 1.807) is 0 Å². The lowest BCUT2D eigenvalue weighted by molar-refractivity contribution is 0.0857. The van der Waals surface area contributed by atoms with Gasteiger partial charge in [0.1, 0.15) is 10.7 Å². The summed E-state index contributed by atoms with van der Waals surface area (Å²) in [6, 6.07) is 3.08. The van der Waals surface area contributed by atoms with Crippen LogP contribution in [0.2, 0.25) is 0 Å². The number of nitrogens with one attached hydrogen (secondary N) is 1. The monoisotopic (exact) mass is 262 g/mol. The van der Waals surface area contributed by atoms with Gasteiger partial charge >= 0.3 is 0 Å². The normalized spacial score (nSPS) is 12.7. The van der Waals surface area contributed by atoms with Gasteiger partial charge in [-0.3, -0.25) is 0 Å². The third-order valence-corrected chi connectivity index (χ3v) is 3.42. The van der Waals surface area contributed by atoms with Crippen LogP contribution in [0, 0.1) is 5.82 Å². The van der Waals surface area contributed by atoms with Crippen LogP contribution in [0.4, 0.5) is 10.1 Å². The molecular formula is C10H15FN2O3S. The summed E-state index contributed by atoms with van der Waals surface area (Å²) in [5.74, 6) is -0.692. The molecule has 96 valence electrons. The third-order valence-electron chi connectivity index (χ3n) is 1.96. The summed E-state index contributed by atoms with van der Waals surface area (Å²) in [7, 11) is -3.92. The largest absolute Gasteiger partial charge is 0.398 e. The molecule has 5 nitrogen and oxygen atoms in total. The van der Waals surface area contributed by atoms with Gasteiger partial charge in [-0.1, -0.05) is 0 Å². The van der Waals surface area contributed by atoms with Crippen LogP contribution in [0.25, 0.3) is 0 Å². The highest BCUT2D eigenvalue weighted by atomic mass is 32.2. The minimum Gasteiger partial charge on any atom is -0.398 e. The molecule has 0 aliphatic rings. The number of nitrogen functional groups attached to an aromatic ring is 1. The van der Waals surface area contributed by atoms with Crippen molar-refractivity contribution in [2.45, 2.75) is 24.3 Å². The highest BCUT2D eigenvalue weighted by Crippen LogP contribution is 2.19. The molecule has 17 heavy (non-hydrogen) atoms. The van der Waals surface area contributed by atoms with Crippen LogP contribution in [-0.4, -0.2) is 25.7 Å². The molecule has 0 spiro atoms. The fourth-order valence-electron chi connectivity index (χ4n) is 1.09. The Hall–Kier alpha value is -1.18. The van der Waals surface area contributed by atoms with Gasteiger partial charge < -0.3 is 10.8 Å². The average molecular weight is 262 g/mol. The van der Waals surface area contributed by atoms with Gasteiger partial charge in [0.2, 0.25) is 10.0 Å². The first-order valence-corrected chi connectivity index (χ1v) is 6.37. The number of hydrogen-bond donors (Lipinski definition) is 3. The number of rotatable bonds is 4. The van der Waals surface area contributed by atoms with Crippen molar-refractivity contribution in [2.24, 2.45) is 0 Å². The second-order valence-electron chi connectivity index (χ2n) is 4.32. The number of sulfonamides is 1. The van der Waals surface area contributed by atoms with Crippen LogP contribution in [0.1, 0.15) is 13.8 Å². The summed E-state index contributed by atoms with van der Waals surface area (Å²) in [6.07, 6.45) is 0. The fourth-order valence-corrected chi connectivity index (χ4v) is 2.44. The highest BCUT2D eigenvalue weighted by Gasteiger charge is 2.22. The minimum atomic E-state index is -3.92. The lowest BCUT2D eigenvalue weighted by Gasteiger charge is -2.18. The van der Waals surface area contributed by atoms with Crippen LogP contribution < -0.4 is 10.5 Å². The van der Waals surface area contributed by atoms with E-state index in [4.69, 9.17) is 5.73 Å². The lowest BCUT2D eigenvalue weighted by atomic mass is 10.1. The Morgan fingerprint density at radius 2 is 2.06 bits per heavy atom. The van der Waals surface area contributed by atoms with Gasteiger partial charge in [-0.25, -0.2) is 17.5 Å². The predicted octanol–water partition coefficient (Wildman–Crippen LogP) is 0.457. The Balaban J connectivity index is 3.02. The number of halogens is 1. The minimum absolute atomic E-state index is 0.0466. The van der Waals surface area contributed by atoms with Crippen molar-refractivity contribution in [2.75, 3.05) is 12.3 Å². The van der Waals surface area contributed by atoms with E-state index in [0.717, 1.165) is 12.1 Å². The zero-order valence-corrected chi connectivity index (χ0v) is 10.4. The average Bonchev–Trinajstić information content (AvgIpc) is 2.18. The molecule has 0 atom stereocenters. The first kappa shape index (κ1) is 13.9. The number of nitrogens with two attached hydrogens (primary N) is 1. The van der Waals surface area contributed by atoms with Crippen molar-refractivity contribution in [1.82, 2.24) is 4.72 Å². The maximum atomic E-state index is 13.0. The summed E-state index contributed by atoms with van der Waals surface area (Å²) in [4.78, 5) is -0.332. The Kier molecular flexibility index (Phi) is 3.75. The van der Waals surface area contributed by atoms with Gasteiger partial charge in [0, 0.05) is 6.54 Å². The molecule has 0 aromatic heterocycles. The number of benzene rings is 1.